The first-order chi connectivity index (χ1) is 70.2. The normalized spacial score (nSPS) is 14.8. The van der Waals surface area contributed by atoms with Crippen LogP contribution in [0.4, 0.5) is 57.2 Å². The highest BCUT2D eigenvalue weighted by Gasteiger charge is 2.44. The van der Waals surface area contributed by atoms with Crippen molar-refractivity contribution in [3.05, 3.63) is 253 Å². The molecule has 147 heavy (non-hydrogen) atoms. The number of amides is 16. The lowest BCUT2D eigenvalue weighted by atomic mass is 10.1. The minimum absolute atomic E-state index is 0.0289. The van der Waals surface area contributed by atoms with E-state index in [-0.39, 0.29) is 86.7 Å². The summed E-state index contributed by atoms with van der Waals surface area (Å²) in [4.78, 5) is 149. The van der Waals surface area contributed by atoms with Crippen LogP contribution in [0.15, 0.2) is 158 Å². The molecule has 4 N–H and O–H groups in total. The zero-order chi connectivity index (χ0) is 105. The van der Waals surface area contributed by atoms with E-state index in [1.165, 1.54) is 60.4 Å². The topological polar surface area (TPSA) is 546 Å². The summed E-state index contributed by atoms with van der Waals surface area (Å²) in [6.07, 6.45) is 18.3. The maximum absolute atomic E-state index is 13.1. The van der Waals surface area contributed by atoms with Gasteiger partial charge in [0.15, 0.2) is 11.5 Å². The van der Waals surface area contributed by atoms with Crippen LogP contribution in [-0.4, -0.2) is 252 Å². The molecule has 49 nitrogen and oxygen atoms in total. The second-order valence-electron chi connectivity index (χ2n) is 36.4. The number of nitrogens with one attached hydrogen (secondary N) is 2. The number of ether oxygens (including phenoxy) is 3. The number of imide groups is 5. The second kappa shape index (κ2) is 44.4. The number of benzene rings is 3. The van der Waals surface area contributed by atoms with E-state index in [9.17, 15) is 57.8 Å². The Morgan fingerprint density at radius 2 is 0.776 bits per heavy atom. The second-order valence-corrected chi connectivity index (χ2v) is 36.4. The summed E-state index contributed by atoms with van der Waals surface area (Å²) in [5.74, 6) is 3.37. The molecule has 11 aromatic heterocycles. The van der Waals surface area contributed by atoms with E-state index in [1.807, 2.05) is 132 Å². The van der Waals surface area contributed by atoms with Crippen molar-refractivity contribution < 1.29 is 99.8 Å². The molecule has 16 heterocycles. The van der Waals surface area contributed by atoms with Gasteiger partial charge in [0, 0.05) is 104 Å². The number of aliphatic hydroxyl groups is 1. The highest BCUT2D eigenvalue weighted by Crippen LogP contribution is 2.33. The van der Waals surface area contributed by atoms with Crippen LogP contribution in [0.3, 0.4) is 0 Å². The molecular weight excluding hydrogens is 1910 g/mol. The third-order valence-electron chi connectivity index (χ3n) is 24.6. The van der Waals surface area contributed by atoms with Crippen molar-refractivity contribution in [1.29, 1.82) is 0 Å². The quantitative estimate of drug-likeness (QED) is 0.0304. The number of carbonyl (C=O) groups excluding carboxylic acids is 11. The van der Waals surface area contributed by atoms with Crippen molar-refractivity contribution in [2.45, 2.75) is 174 Å². The first-order valence-electron chi connectivity index (χ1n) is 46.6. The minimum atomic E-state index is -0.904. The highest BCUT2D eigenvalue weighted by atomic mass is 16.6. The Morgan fingerprint density at radius 1 is 0.422 bits per heavy atom. The lowest BCUT2D eigenvalue weighted by molar-refractivity contribution is -0.119. The number of aromatic nitrogens is 17. The minimum Gasteiger partial charge on any atom is -0.508 e. The standard InChI is InChI=1S/C25H30N6O5.C22H25N5O5.C20H21N5O4.C18H21N7O3.C13H15N5O4/c1-16-21(17(2)36-28-16)14-30-13-20(11-27-30)31-22(32)15-29(24(31)34)12-19-8-6-7-18(9-19)10-26-23(33)35-25(3,4)5;1-14-18(15(2)32-24-14)12-26-11-17(10-23-26)27-21(28)13-25(22(27)29)8-7-16-5-6-19(30-3)20(9-16)31-4;1-13-18(14(2)29-22-13)11-24-10-16(9-21-24)25-19(27)12-23(20(25)28)8-7-15-3-5-17(26)6-4-15;1-11-14(6-22(4)20-11)7-23-10-17(26)25(18(23)27)15-5-19-24(8-15)9-16-12(2)21-28-13(16)3;1-7-10(8(2)22-16-7)5-17-4-9(3-14-17)18-12(20)11(6-19)15-13(18)21/h6-9,11,13H,10,12,14-15H2,1-5H3,(H,26,33);5-6,9-11H,7-8,12-13H2,1-4H3;3-6,9-10,26H,7-8,11-12H2,1-2H3;5-6,8H,7,9-10H2,1-4H3;3-4,11,19H,5-6H2,1-2H3,(H,15,21). The summed E-state index contributed by atoms with van der Waals surface area (Å²) in [7, 11) is 4.98. The molecule has 5 aliphatic heterocycles. The number of methoxy groups -OCH3 is 2. The van der Waals surface area contributed by atoms with Gasteiger partial charge in [-0.1, -0.05) is 68.2 Å². The van der Waals surface area contributed by atoms with Crippen molar-refractivity contribution in [3.63, 3.8) is 0 Å². The Kier molecular flexibility index (Phi) is 31.3. The van der Waals surface area contributed by atoms with E-state index >= 15 is 0 Å². The number of phenolic OH excluding ortho intramolecular Hbond substituents is 1. The largest absolute Gasteiger partial charge is 0.508 e. The Bertz CT molecular complexity index is 7130. The number of alkyl carbamates (subject to hydrolysis) is 1. The van der Waals surface area contributed by atoms with E-state index in [0.29, 0.717) is 128 Å². The molecule has 3 aromatic carbocycles. The molecule has 770 valence electrons. The van der Waals surface area contributed by atoms with Crippen LogP contribution in [0.2, 0.25) is 0 Å². The summed E-state index contributed by atoms with van der Waals surface area (Å²) in [6.45, 7) is 29.2. The number of aromatic hydroxyl groups is 1. The van der Waals surface area contributed by atoms with E-state index in [4.69, 9.17) is 41.9 Å². The number of urea groups is 5. The fraction of sp³-hybridized carbons (Fsp3) is 0.367. The van der Waals surface area contributed by atoms with Gasteiger partial charge in [0.1, 0.15) is 72.4 Å². The average Bonchev–Trinajstić information content (AvgIpc) is 1.65. The van der Waals surface area contributed by atoms with Crippen molar-refractivity contribution in [2.75, 3.05) is 84.6 Å². The van der Waals surface area contributed by atoms with Gasteiger partial charge in [-0.2, -0.15) is 30.6 Å². The van der Waals surface area contributed by atoms with Crippen molar-refractivity contribution in [2.24, 2.45) is 7.05 Å². The molecule has 0 spiro atoms. The maximum Gasteiger partial charge on any atom is 0.407 e. The molecule has 1 atom stereocenters. The van der Waals surface area contributed by atoms with Gasteiger partial charge in [-0.15, -0.1) is 0 Å². The van der Waals surface area contributed by atoms with Crippen LogP contribution in [0, 0.1) is 76.2 Å². The van der Waals surface area contributed by atoms with Crippen molar-refractivity contribution in [1.82, 2.24) is 115 Å². The molecule has 49 heteroatoms. The Hall–Kier alpha value is -17.7. The molecule has 0 aliphatic carbocycles. The fourth-order valence-electron chi connectivity index (χ4n) is 16.7. The van der Waals surface area contributed by atoms with Crippen LogP contribution in [-0.2, 0) is 101 Å². The van der Waals surface area contributed by atoms with Gasteiger partial charge in [-0.05, 0) is 156 Å². The van der Waals surface area contributed by atoms with Crippen LogP contribution in [0.5, 0.6) is 17.2 Å². The summed E-state index contributed by atoms with van der Waals surface area (Å²) in [5, 5.41) is 68.7. The predicted octanol–water partition coefficient (Wildman–Crippen LogP) is 9.85. The van der Waals surface area contributed by atoms with Crippen LogP contribution >= 0.6 is 0 Å². The Labute approximate surface area is 840 Å². The van der Waals surface area contributed by atoms with Gasteiger partial charge in [0.25, 0.3) is 29.5 Å². The lowest BCUT2D eigenvalue weighted by Crippen LogP contribution is -2.33. The number of rotatable bonds is 30. The van der Waals surface area contributed by atoms with E-state index in [2.05, 4.69) is 67.0 Å². The highest BCUT2D eigenvalue weighted by molar-refractivity contribution is 6.23. The molecule has 14 aromatic rings. The number of aliphatic hydroxyl groups excluding tert-OH is 1. The molecule has 1 unspecified atom stereocenters. The number of hydrogen-bond donors (Lipinski definition) is 4. The molecule has 5 fully saturated rings. The van der Waals surface area contributed by atoms with Gasteiger partial charge < -0.3 is 77.3 Å². The SMILES string of the molecule is COc1ccc(CCN2CC(=O)N(c3cnn(Cc4c(C)noc4C)c3)C2=O)cc1OC.Cc1nn(C)cc1CN1CC(=O)N(c2cnn(Cc3c(C)noc3C)c2)C1=O.Cc1noc(C)c1Cn1cc(N2C(=O)CN(CCc3ccc(O)cc3)C2=O)cn1.Cc1noc(C)c1Cn1cc(N2C(=O)CN(Cc3cccc(CNC(=O)OC(C)(C)C)c3)C2=O)cn1.Cc1noc(C)c1Cn1cc(N2C(=O)NC(CO)C2=O)cn1. The summed E-state index contributed by atoms with van der Waals surface area (Å²) < 4.78 is 51.5. The number of phenols is 1. The number of anilines is 5. The first kappa shape index (κ1) is 104. The predicted molar refractivity (Wildman–Crippen MR) is 521 cm³/mol. The third kappa shape index (κ3) is 24.1. The van der Waals surface area contributed by atoms with Crippen LogP contribution < -0.4 is 44.6 Å². The van der Waals surface area contributed by atoms with Crippen LogP contribution in [0.1, 0.15) is 139 Å². The summed E-state index contributed by atoms with van der Waals surface area (Å²) in [6, 6.07) is 17.0. The molecule has 16 amide bonds. The number of carbonyl (C=O) groups is 11. The molecule has 19 rings (SSSR count). The number of hydrogen-bond acceptors (Lipinski definition) is 32. The fourth-order valence-corrected chi connectivity index (χ4v) is 16.7. The zero-order valence-electron chi connectivity index (χ0n) is 84.1. The molecule has 0 bridgehead atoms. The maximum atomic E-state index is 13.1. The van der Waals surface area contributed by atoms with Gasteiger partial charge in [-0.3, -0.25) is 52.1 Å². The Morgan fingerprint density at radius 3 is 1.12 bits per heavy atom. The smallest absolute Gasteiger partial charge is 0.407 e. The number of nitrogens with zero attached hydrogens (tertiary/aromatic N) is 26. The van der Waals surface area contributed by atoms with E-state index in [0.717, 1.165) is 110 Å². The van der Waals surface area contributed by atoms with E-state index in [1.54, 1.807) is 118 Å². The molecule has 0 radical (unpaired) electrons. The van der Waals surface area contributed by atoms with Gasteiger partial charge >= 0.3 is 36.2 Å². The van der Waals surface area contributed by atoms with Gasteiger partial charge in [-0.25, -0.2) is 53.3 Å². The Balaban J connectivity index is 0.000000139. The molecule has 0 saturated carbocycles. The van der Waals surface area contributed by atoms with Crippen molar-refractivity contribution >= 4 is 94.2 Å². The monoisotopic (exact) mass is 2020 g/mol. The van der Waals surface area contributed by atoms with Crippen LogP contribution in [0.25, 0.3) is 0 Å². The molecule has 5 aliphatic rings. The van der Waals surface area contributed by atoms with Gasteiger partial charge in [0.05, 0.1) is 154 Å². The first-order valence-corrected chi connectivity index (χ1v) is 46.6. The van der Waals surface area contributed by atoms with Crippen molar-refractivity contribution in [3.8, 4) is 17.2 Å². The average molecular weight is 2020 g/mol. The molecule has 5 saturated heterocycles. The third-order valence-corrected chi connectivity index (χ3v) is 24.6. The van der Waals surface area contributed by atoms with Gasteiger partial charge in [0.2, 0.25) is 0 Å². The summed E-state index contributed by atoms with van der Waals surface area (Å²) >= 11 is 0. The summed E-state index contributed by atoms with van der Waals surface area (Å²) in [5.41, 5.74) is 15.4. The lowest BCUT2D eigenvalue weighted by Gasteiger charge is -2.20. The van der Waals surface area contributed by atoms with E-state index < -0.39 is 42.3 Å². The zero-order valence-corrected chi connectivity index (χ0v) is 84.1. The molecular formula is C98H112N28O21. The number of aryl methyl sites for hydroxylation is 12.